The van der Waals surface area contributed by atoms with Crippen molar-refractivity contribution in [1.29, 1.82) is 0 Å². The Morgan fingerprint density at radius 1 is 1.32 bits per heavy atom. The van der Waals surface area contributed by atoms with Crippen molar-refractivity contribution in [3.8, 4) is 0 Å². The second kappa shape index (κ2) is 6.22. The summed E-state index contributed by atoms with van der Waals surface area (Å²) in [6, 6.07) is 7.34. The SMILES string of the molecule is CSCc1ccc(C(=O)N2C[C@H](c3ccc(C)o3)[C@@H](N)C2)o1. The Balaban J connectivity index is 1.71. The average Bonchev–Trinajstić information content (AvgIpc) is 3.19. The number of carbonyl (C=O) groups excluding carboxylic acids is 1. The van der Waals surface area contributed by atoms with E-state index in [9.17, 15) is 4.79 Å². The predicted molar refractivity (Wildman–Crippen MR) is 86.0 cm³/mol. The number of carbonyl (C=O) groups is 1. The van der Waals surface area contributed by atoms with Crippen molar-refractivity contribution in [1.82, 2.24) is 4.90 Å². The number of aryl methyl sites for hydroxylation is 1. The summed E-state index contributed by atoms with van der Waals surface area (Å²) in [5.41, 5.74) is 6.19. The molecule has 2 atom stereocenters. The highest BCUT2D eigenvalue weighted by molar-refractivity contribution is 7.97. The van der Waals surface area contributed by atoms with E-state index in [0.29, 0.717) is 18.8 Å². The van der Waals surface area contributed by atoms with Gasteiger partial charge >= 0.3 is 0 Å². The van der Waals surface area contributed by atoms with Crippen LogP contribution in [0.25, 0.3) is 0 Å². The van der Waals surface area contributed by atoms with Crippen LogP contribution in [-0.4, -0.2) is 36.2 Å². The highest BCUT2D eigenvalue weighted by Crippen LogP contribution is 2.29. The largest absolute Gasteiger partial charge is 0.466 e. The highest BCUT2D eigenvalue weighted by Gasteiger charge is 2.36. The molecule has 2 N–H and O–H groups in total. The van der Waals surface area contributed by atoms with Gasteiger partial charge in [0.25, 0.3) is 5.91 Å². The molecule has 2 aromatic heterocycles. The normalized spacial score (nSPS) is 21.5. The van der Waals surface area contributed by atoms with Gasteiger partial charge in [-0.3, -0.25) is 4.79 Å². The Hall–Kier alpha value is -1.66. The van der Waals surface area contributed by atoms with Crippen molar-refractivity contribution in [2.45, 2.75) is 24.6 Å². The molecule has 0 aliphatic carbocycles. The van der Waals surface area contributed by atoms with Gasteiger partial charge in [-0.05, 0) is 37.4 Å². The molecule has 1 amide bonds. The minimum Gasteiger partial charge on any atom is -0.466 e. The monoisotopic (exact) mass is 320 g/mol. The molecule has 0 bridgehead atoms. The first-order valence-corrected chi connectivity index (χ1v) is 8.66. The van der Waals surface area contributed by atoms with Gasteiger partial charge in [0.05, 0.1) is 11.7 Å². The van der Waals surface area contributed by atoms with Gasteiger partial charge in [0.15, 0.2) is 5.76 Å². The molecule has 2 aromatic rings. The minimum absolute atomic E-state index is 0.0401. The molecule has 1 saturated heterocycles. The summed E-state index contributed by atoms with van der Waals surface area (Å²) in [6.45, 7) is 2.98. The molecule has 3 rings (SSSR count). The van der Waals surface area contributed by atoms with E-state index in [-0.39, 0.29) is 17.9 Å². The van der Waals surface area contributed by atoms with Crippen LogP contribution < -0.4 is 5.73 Å². The van der Waals surface area contributed by atoms with Gasteiger partial charge in [-0.1, -0.05) is 0 Å². The van der Waals surface area contributed by atoms with E-state index >= 15 is 0 Å². The molecule has 0 saturated carbocycles. The molecule has 1 aliphatic heterocycles. The number of likely N-dealkylation sites (tertiary alicyclic amines) is 1. The number of thioether (sulfide) groups is 1. The van der Waals surface area contributed by atoms with E-state index in [1.165, 1.54) is 0 Å². The number of hydrogen-bond acceptors (Lipinski definition) is 5. The Labute approximate surface area is 133 Å². The number of nitrogens with two attached hydrogens (primary N) is 1. The fourth-order valence-electron chi connectivity index (χ4n) is 2.82. The van der Waals surface area contributed by atoms with Crippen LogP contribution >= 0.6 is 11.8 Å². The van der Waals surface area contributed by atoms with Crippen LogP contribution in [0.3, 0.4) is 0 Å². The first-order valence-electron chi connectivity index (χ1n) is 7.27. The molecular formula is C16H20N2O3S. The zero-order valence-electron chi connectivity index (χ0n) is 12.7. The second-order valence-electron chi connectivity index (χ2n) is 5.63. The lowest BCUT2D eigenvalue weighted by atomic mass is 10.0. The summed E-state index contributed by atoms with van der Waals surface area (Å²) in [6.07, 6.45) is 2.00. The topological polar surface area (TPSA) is 72.6 Å². The van der Waals surface area contributed by atoms with E-state index in [1.54, 1.807) is 22.7 Å². The van der Waals surface area contributed by atoms with E-state index < -0.39 is 0 Å². The zero-order chi connectivity index (χ0) is 15.7. The van der Waals surface area contributed by atoms with Crippen LogP contribution in [-0.2, 0) is 5.75 Å². The lowest BCUT2D eigenvalue weighted by Crippen LogP contribution is -2.32. The molecule has 0 spiro atoms. The average molecular weight is 320 g/mol. The molecule has 1 aliphatic rings. The van der Waals surface area contributed by atoms with E-state index in [2.05, 4.69) is 0 Å². The van der Waals surface area contributed by atoms with Gasteiger partial charge in [0.2, 0.25) is 0 Å². The number of hydrogen-bond donors (Lipinski definition) is 1. The van der Waals surface area contributed by atoms with Crippen LogP contribution in [0.5, 0.6) is 0 Å². The van der Waals surface area contributed by atoms with Crippen molar-refractivity contribution in [3.63, 3.8) is 0 Å². The van der Waals surface area contributed by atoms with E-state index in [4.69, 9.17) is 14.6 Å². The van der Waals surface area contributed by atoms with Gasteiger partial charge in [0, 0.05) is 19.1 Å². The number of nitrogens with zero attached hydrogens (tertiary/aromatic N) is 1. The van der Waals surface area contributed by atoms with Crippen LogP contribution in [0.4, 0.5) is 0 Å². The van der Waals surface area contributed by atoms with Crippen LogP contribution in [0.15, 0.2) is 33.1 Å². The lowest BCUT2D eigenvalue weighted by Gasteiger charge is -2.14. The third kappa shape index (κ3) is 2.94. The fourth-order valence-corrected chi connectivity index (χ4v) is 3.26. The summed E-state index contributed by atoms with van der Waals surface area (Å²) in [7, 11) is 0. The minimum atomic E-state index is -0.116. The summed E-state index contributed by atoms with van der Waals surface area (Å²) < 4.78 is 11.3. The quantitative estimate of drug-likeness (QED) is 0.937. The van der Waals surface area contributed by atoms with Gasteiger partial charge in [-0.25, -0.2) is 0 Å². The maximum absolute atomic E-state index is 12.5. The molecule has 5 nitrogen and oxygen atoms in total. The molecular weight excluding hydrogens is 300 g/mol. The lowest BCUT2D eigenvalue weighted by molar-refractivity contribution is 0.0755. The molecule has 3 heterocycles. The Bertz CT molecular complexity index is 664. The standard InChI is InChI=1S/C16H20N2O3S/c1-10-3-5-14(20-10)12-7-18(8-13(12)17)16(19)15-6-4-11(21-15)9-22-2/h3-6,12-13H,7-9,17H2,1-2H3/t12-,13-/m0/s1. The van der Waals surface area contributed by atoms with Crippen molar-refractivity contribution in [2.75, 3.05) is 19.3 Å². The molecule has 0 unspecified atom stereocenters. The molecule has 22 heavy (non-hydrogen) atoms. The maximum atomic E-state index is 12.5. The predicted octanol–water partition coefficient (Wildman–Crippen LogP) is 2.61. The Morgan fingerprint density at radius 2 is 2.14 bits per heavy atom. The van der Waals surface area contributed by atoms with E-state index in [0.717, 1.165) is 23.0 Å². The Kier molecular flexibility index (Phi) is 4.31. The third-order valence-electron chi connectivity index (χ3n) is 3.94. The molecule has 1 fully saturated rings. The van der Waals surface area contributed by atoms with E-state index in [1.807, 2.05) is 31.4 Å². The molecule has 6 heteroatoms. The first kappa shape index (κ1) is 15.2. The van der Waals surface area contributed by atoms with Crippen LogP contribution in [0, 0.1) is 6.92 Å². The first-order chi connectivity index (χ1) is 10.6. The molecule has 0 radical (unpaired) electrons. The highest BCUT2D eigenvalue weighted by atomic mass is 32.2. The van der Waals surface area contributed by atoms with Crippen LogP contribution in [0.1, 0.15) is 33.8 Å². The molecule has 118 valence electrons. The summed E-state index contributed by atoms with van der Waals surface area (Å²) in [5, 5.41) is 0. The number of rotatable bonds is 4. The number of amides is 1. The summed E-state index contributed by atoms with van der Waals surface area (Å²) in [4.78, 5) is 14.3. The zero-order valence-corrected chi connectivity index (χ0v) is 13.6. The fraction of sp³-hybridized carbons (Fsp3) is 0.438. The smallest absolute Gasteiger partial charge is 0.289 e. The van der Waals surface area contributed by atoms with Crippen molar-refractivity contribution >= 4 is 17.7 Å². The molecule has 0 aromatic carbocycles. The van der Waals surface area contributed by atoms with Gasteiger partial charge in [-0.2, -0.15) is 11.8 Å². The maximum Gasteiger partial charge on any atom is 0.289 e. The van der Waals surface area contributed by atoms with Crippen LogP contribution in [0.2, 0.25) is 0 Å². The van der Waals surface area contributed by atoms with Crippen molar-refractivity contribution in [3.05, 3.63) is 47.3 Å². The summed E-state index contributed by atoms with van der Waals surface area (Å²) >= 11 is 1.66. The summed E-state index contributed by atoms with van der Waals surface area (Å²) in [5.74, 6) is 3.61. The van der Waals surface area contributed by atoms with Crippen molar-refractivity contribution in [2.24, 2.45) is 5.73 Å². The van der Waals surface area contributed by atoms with Gasteiger partial charge in [0.1, 0.15) is 17.3 Å². The van der Waals surface area contributed by atoms with Gasteiger partial charge < -0.3 is 19.5 Å². The third-order valence-corrected chi connectivity index (χ3v) is 4.51. The van der Waals surface area contributed by atoms with Gasteiger partial charge in [-0.15, -0.1) is 0 Å². The Morgan fingerprint density at radius 3 is 2.82 bits per heavy atom. The second-order valence-corrected chi connectivity index (χ2v) is 6.49. The van der Waals surface area contributed by atoms with Crippen molar-refractivity contribution < 1.29 is 13.6 Å². The number of furan rings is 2.